The topological polar surface area (TPSA) is 129 Å². The van der Waals surface area contributed by atoms with E-state index in [1.54, 1.807) is 26.8 Å². The molecule has 0 spiro atoms. The number of esters is 2. The van der Waals surface area contributed by atoms with Gasteiger partial charge in [0.2, 0.25) is 0 Å². The van der Waals surface area contributed by atoms with Crippen molar-refractivity contribution in [3.05, 3.63) is 48.2 Å². The molecule has 0 aromatic heterocycles. The molecular formula is C25H36N2O8. The number of amides is 2. The summed E-state index contributed by atoms with van der Waals surface area (Å²) in [6.07, 6.45) is 3.34. The molecule has 0 radical (unpaired) electrons. The molecule has 1 rings (SSSR count). The number of carbonyl (C=O) groups excluding carboxylic acids is 4. The molecule has 0 saturated heterocycles. The Balaban J connectivity index is 2.52. The van der Waals surface area contributed by atoms with Crippen LogP contribution in [0.4, 0.5) is 9.59 Å². The number of hydrogen-bond donors (Lipinski definition) is 2. The molecule has 2 amide bonds. The molecule has 2 N–H and O–H groups in total. The summed E-state index contributed by atoms with van der Waals surface area (Å²) in [5.74, 6) is -1.85. The van der Waals surface area contributed by atoms with E-state index < -0.39 is 41.7 Å². The van der Waals surface area contributed by atoms with Crippen molar-refractivity contribution in [3.63, 3.8) is 0 Å². The lowest BCUT2D eigenvalue weighted by molar-refractivity contribution is -0.148. The molecule has 0 heterocycles. The second-order valence-corrected chi connectivity index (χ2v) is 8.72. The Morgan fingerprint density at radius 2 is 1.63 bits per heavy atom. The van der Waals surface area contributed by atoms with Crippen molar-refractivity contribution in [2.75, 3.05) is 14.2 Å². The lowest BCUT2D eigenvalue weighted by Crippen LogP contribution is -2.45. The van der Waals surface area contributed by atoms with Crippen LogP contribution in [0.2, 0.25) is 0 Å². The molecule has 0 aliphatic carbocycles. The molecule has 1 aromatic rings. The van der Waals surface area contributed by atoms with Crippen molar-refractivity contribution < 1.29 is 38.1 Å². The van der Waals surface area contributed by atoms with Gasteiger partial charge in [-0.05, 0) is 52.0 Å². The predicted octanol–water partition coefficient (Wildman–Crippen LogP) is 3.84. The highest BCUT2D eigenvalue weighted by Gasteiger charge is 2.31. The molecular weight excluding hydrogens is 456 g/mol. The van der Waals surface area contributed by atoms with Crippen LogP contribution in [0.5, 0.6) is 0 Å². The van der Waals surface area contributed by atoms with Crippen LogP contribution in [0, 0.1) is 5.92 Å². The van der Waals surface area contributed by atoms with Gasteiger partial charge in [0.1, 0.15) is 18.2 Å². The molecule has 0 bridgehead atoms. The first-order valence-corrected chi connectivity index (χ1v) is 11.3. The fourth-order valence-corrected chi connectivity index (χ4v) is 3.05. The number of carbonyl (C=O) groups is 4. The number of allylic oxidation sites excluding steroid dienone is 1. The Kier molecular flexibility index (Phi) is 12.9. The van der Waals surface area contributed by atoms with Crippen molar-refractivity contribution in [3.8, 4) is 0 Å². The van der Waals surface area contributed by atoms with Gasteiger partial charge in [-0.25, -0.2) is 14.4 Å². The van der Waals surface area contributed by atoms with E-state index in [1.807, 2.05) is 30.3 Å². The van der Waals surface area contributed by atoms with Crippen molar-refractivity contribution in [2.45, 2.75) is 64.7 Å². The summed E-state index contributed by atoms with van der Waals surface area (Å²) < 4.78 is 19.9. The molecule has 1 aromatic carbocycles. The number of rotatable bonds is 12. The smallest absolute Gasteiger partial charge is 0.411 e. The summed E-state index contributed by atoms with van der Waals surface area (Å²) in [6.45, 7) is 5.26. The molecule has 2 atom stereocenters. The fraction of sp³-hybridized carbons (Fsp3) is 0.520. The average molecular weight is 493 g/mol. The number of nitrogens with one attached hydrogen (secondary N) is 2. The van der Waals surface area contributed by atoms with Crippen molar-refractivity contribution >= 4 is 24.1 Å². The minimum Gasteiger partial charge on any atom is -0.469 e. The number of benzene rings is 1. The second kappa shape index (κ2) is 15.4. The van der Waals surface area contributed by atoms with Crippen LogP contribution in [0.1, 0.15) is 52.0 Å². The van der Waals surface area contributed by atoms with Crippen LogP contribution < -0.4 is 10.6 Å². The number of methoxy groups -OCH3 is 2. The van der Waals surface area contributed by atoms with Gasteiger partial charge in [-0.2, -0.15) is 0 Å². The number of alkyl carbamates (subject to hydrolysis) is 2. The van der Waals surface area contributed by atoms with E-state index >= 15 is 0 Å². The molecule has 10 nitrogen and oxygen atoms in total. The first-order valence-electron chi connectivity index (χ1n) is 11.3. The summed E-state index contributed by atoms with van der Waals surface area (Å²) in [4.78, 5) is 48.3. The minimum atomic E-state index is -1.07. The lowest BCUT2D eigenvalue weighted by atomic mass is 9.94. The fourth-order valence-electron chi connectivity index (χ4n) is 3.05. The molecule has 0 aliphatic rings. The zero-order chi connectivity index (χ0) is 26.3. The summed E-state index contributed by atoms with van der Waals surface area (Å²) in [7, 11) is 2.45. The summed E-state index contributed by atoms with van der Waals surface area (Å²) in [5.41, 5.74) is 0.132. The standard InChI is InChI=1S/C25H36N2O8/c1-25(2,3)35-24(31)27-20(22(29)33-5)16-19(21(28)32-4)14-10-7-11-15-26-23(30)34-17-18-12-8-6-9-13-18/h6,8-9,11-13,15,19-20H,7,10,14,16-17H2,1-5H3,(H,26,30)(H,27,31)/t19-,20?/m1/s1. The Hall–Kier alpha value is -3.56. The number of hydrogen-bond acceptors (Lipinski definition) is 8. The van der Waals surface area contributed by atoms with Gasteiger partial charge in [-0.1, -0.05) is 36.4 Å². The van der Waals surface area contributed by atoms with Crippen molar-refractivity contribution in [2.24, 2.45) is 5.92 Å². The largest absolute Gasteiger partial charge is 0.469 e. The van der Waals surface area contributed by atoms with Gasteiger partial charge in [0, 0.05) is 6.20 Å². The quantitative estimate of drug-likeness (QED) is 0.256. The Morgan fingerprint density at radius 3 is 2.23 bits per heavy atom. The average Bonchev–Trinajstić information content (AvgIpc) is 2.81. The minimum absolute atomic E-state index is 0.00757. The first kappa shape index (κ1) is 29.5. The van der Waals surface area contributed by atoms with E-state index in [0.29, 0.717) is 19.3 Å². The van der Waals surface area contributed by atoms with Gasteiger partial charge < -0.3 is 24.3 Å². The number of unbranched alkanes of at least 4 members (excludes halogenated alkanes) is 1. The zero-order valence-corrected chi connectivity index (χ0v) is 21.0. The summed E-state index contributed by atoms with van der Waals surface area (Å²) in [6, 6.07) is 8.24. The highest BCUT2D eigenvalue weighted by atomic mass is 16.6. The molecule has 10 heteroatoms. The Bertz CT molecular complexity index is 849. The number of ether oxygens (including phenoxy) is 4. The van der Waals surface area contributed by atoms with E-state index in [2.05, 4.69) is 10.6 Å². The van der Waals surface area contributed by atoms with E-state index in [4.69, 9.17) is 18.9 Å². The van der Waals surface area contributed by atoms with Crippen molar-refractivity contribution in [1.82, 2.24) is 10.6 Å². The van der Waals surface area contributed by atoms with E-state index in [1.165, 1.54) is 20.4 Å². The highest BCUT2D eigenvalue weighted by Crippen LogP contribution is 2.18. The van der Waals surface area contributed by atoms with Crippen LogP contribution >= 0.6 is 0 Å². The third-order valence-corrected chi connectivity index (χ3v) is 4.69. The Labute approximate surface area is 206 Å². The maximum absolute atomic E-state index is 12.3. The van der Waals surface area contributed by atoms with Crippen LogP contribution in [0.25, 0.3) is 0 Å². The molecule has 0 fully saturated rings. The van der Waals surface area contributed by atoms with Crippen molar-refractivity contribution in [1.29, 1.82) is 0 Å². The summed E-state index contributed by atoms with van der Waals surface area (Å²) >= 11 is 0. The van der Waals surface area contributed by atoms with Gasteiger partial charge in [-0.15, -0.1) is 0 Å². The first-order chi connectivity index (χ1) is 16.6. The predicted molar refractivity (Wildman–Crippen MR) is 128 cm³/mol. The van der Waals surface area contributed by atoms with Crippen LogP contribution in [0.3, 0.4) is 0 Å². The van der Waals surface area contributed by atoms with Gasteiger partial charge in [0.25, 0.3) is 0 Å². The second-order valence-electron chi connectivity index (χ2n) is 8.72. The maximum atomic E-state index is 12.3. The third-order valence-electron chi connectivity index (χ3n) is 4.69. The Morgan fingerprint density at radius 1 is 0.971 bits per heavy atom. The normalized spacial score (nSPS) is 12.8. The summed E-state index contributed by atoms with van der Waals surface area (Å²) in [5, 5.41) is 4.98. The van der Waals surface area contributed by atoms with E-state index in [9.17, 15) is 19.2 Å². The van der Waals surface area contributed by atoms with E-state index in [-0.39, 0.29) is 13.0 Å². The zero-order valence-electron chi connectivity index (χ0n) is 21.0. The van der Waals surface area contributed by atoms with Crippen LogP contribution in [-0.2, 0) is 35.1 Å². The molecule has 0 saturated carbocycles. The van der Waals surface area contributed by atoms with E-state index in [0.717, 1.165) is 5.56 Å². The molecule has 35 heavy (non-hydrogen) atoms. The molecule has 194 valence electrons. The van der Waals surface area contributed by atoms with Gasteiger partial charge in [0.15, 0.2) is 0 Å². The van der Waals surface area contributed by atoms with Gasteiger partial charge in [0.05, 0.1) is 20.1 Å². The SMILES string of the molecule is COC(=O)C(C[C@@H](CCCC=CNC(=O)OCc1ccccc1)C(=O)OC)NC(=O)OC(C)(C)C. The molecule has 0 aliphatic heterocycles. The van der Waals surface area contributed by atoms with Crippen LogP contribution in [0.15, 0.2) is 42.6 Å². The van der Waals surface area contributed by atoms with Crippen LogP contribution in [-0.4, -0.2) is 50.0 Å². The third kappa shape index (κ3) is 13.0. The van der Waals surface area contributed by atoms with Gasteiger partial charge >= 0.3 is 24.1 Å². The lowest BCUT2D eigenvalue weighted by Gasteiger charge is -2.24. The molecule has 1 unspecified atom stereocenters. The monoisotopic (exact) mass is 492 g/mol. The maximum Gasteiger partial charge on any atom is 0.411 e. The highest BCUT2D eigenvalue weighted by molar-refractivity contribution is 5.82. The van der Waals surface area contributed by atoms with Gasteiger partial charge in [-0.3, -0.25) is 10.1 Å².